The van der Waals surface area contributed by atoms with Crippen molar-refractivity contribution in [3.8, 4) is 0 Å². The predicted octanol–water partition coefficient (Wildman–Crippen LogP) is 2.08. The summed E-state index contributed by atoms with van der Waals surface area (Å²) in [5.74, 6) is 1.55. The number of benzene rings is 1. The summed E-state index contributed by atoms with van der Waals surface area (Å²) in [5, 5.41) is 17.6. The van der Waals surface area contributed by atoms with E-state index < -0.39 is 6.10 Å². The van der Waals surface area contributed by atoms with Crippen LogP contribution in [0.3, 0.4) is 0 Å². The highest BCUT2D eigenvalue weighted by molar-refractivity contribution is 14.0. The van der Waals surface area contributed by atoms with Gasteiger partial charge in [0.15, 0.2) is 5.96 Å². The maximum Gasteiger partial charge on any atom is 0.191 e. The Morgan fingerprint density at radius 1 is 1.15 bits per heavy atom. The number of likely N-dealkylation sites (tertiary alicyclic amines) is 1. The number of aliphatic hydroxyl groups excluding tert-OH is 1. The van der Waals surface area contributed by atoms with Gasteiger partial charge in [0, 0.05) is 58.5 Å². The summed E-state index contributed by atoms with van der Waals surface area (Å²) in [4.78, 5) is 9.63. The van der Waals surface area contributed by atoms with Crippen LogP contribution in [0.5, 0.6) is 0 Å². The van der Waals surface area contributed by atoms with Gasteiger partial charge in [0.2, 0.25) is 0 Å². The lowest BCUT2D eigenvalue weighted by Crippen LogP contribution is -2.49. The number of aliphatic hydroxyl groups is 1. The number of nitrogens with one attached hydrogen (secondary N) is 2. The van der Waals surface area contributed by atoms with Gasteiger partial charge in [-0.05, 0) is 49.7 Å². The largest absolute Gasteiger partial charge is 0.390 e. The minimum atomic E-state index is -0.453. The van der Waals surface area contributed by atoms with E-state index in [1.165, 1.54) is 24.1 Å². The molecule has 3 aliphatic heterocycles. The molecule has 1 aromatic rings. The molecular weight excluding hydrogens is 529 g/mol. The van der Waals surface area contributed by atoms with Gasteiger partial charge < -0.3 is 25.4 Å². The van der Waals surface area contributed by atoms with Crippen LogP contribution < -0.4 is 10.6 Å². The van der Waals surface area contributed by atoms with Crippen molar-refractivity contribution in [2.75, 3.05) is 59.0 Å². The lowest BCUT2D eigenvalue weighted by molar-refractivity contribution is 0.111. The van der Waals surface area contributed by atoms with E-state index in [-0.39, 0.29) is 24.0 Å². The first-order valence-corrected chi connectivity index (χ1v) is 12.5. The molecule has 8 heteroatoms. The molecule has 0 saturated carbocycles. The monoisotopic (exact) mass is 571 g/mol. The number of nitrogens with zero attached hydrogens (tertiary/aromatic N) is 3. The van der Waals surface area contributed by atoms with Crippen LogP contribution in [0.2, 0.25) is 0 Å². The highest BCUT2D eigenvalue weighted by Gasteiger charge is 2.24. The van der Waals surface area contributed by atoms with Gasteiger partial charge in [-0.15, -0.1) is 24.0 Å². The fourth-order valence-electron chi connectivity index (χ4n) is 5.13. The first-order chi connectivity index (χ1) is 15.7. The summed E-state index contributed by atoms with van der Waals surface area (Å²) in [6.07, 6.45) is 4.08. The van der Waals surface area contributed by atoms with Gasteiger partial charge in [0.05, 0.1) is 19.3 Å². The summed E-state index contributed by atoms with van der Waals surface area (Å²) in [6, 6.07) is 9.08. The van der Waals surface area contributed by atoms with E-state index in [9.17, 15) is 5.11 Å². The number of hydrogen-bond acceptors (Lipinski definition) is 5. The Hall–Kier alpha value is -0.940. The summed E-state index contributed by atoms with van der Waals surface area (Å²) >= 11 is 0. The molecule has 1 aromatic carbocycles. The molecule has 0 aliphatic carbocycles. The number of halogens is 1. The van der Waals surface area contributed by atoms with Gasteiger partial charge in [0.25, 0.3) is 0 Å². The number of guanidine groups is 1. The standard InChI is InChI=1S/C25H41N5O2.HI/c1-2-26-25(28-23-8-12-29(13-9-23)16-20-10-14-32-19-20)27-15-24(31)18-30-11-7-21-5-3-4-6-22(21)17-30;/h3-6,20,23-24,31H,2,7-19H2,1H3,(H2,26,27,28);1H. The maximum atomic E-state index is 10.6. The molecule has 2 saturated heterocycles. The van der Waals surface area contributed by atoms with Crippen LogP contribution in [0.25, 0.3) is 0 Å². The van der Waals surface area contributed by atoms with Gasteiger partial charge in [-0.25, -0.2) is 0 Å². The van der Waals surface area contributed by atoms with E-state index in [0.29, 0.717) is 25.0 Å². The molecule has 7 nitrogen and oxygen atoms in total. The van der Waals surface area contributed by atoms with Gasteiger partial charge in [0.1, 0.15) is 0 Å². The smallest absolute Gasteiger partial charge is 0.191 e. The van der Waals surface area contributed by atoms with E-state index in [1.807, 2.05) is 0 Å². The summed E-state index contributed by atoms with van der Waals surface area (Å²) < 4.78 is 5.52. The maximum absolute atomic E-state index is 10.6. The van der Waals surface area contributed by atoms with Gasteiger partial charge in [-0.1, -0.05) is 24.3 Å². The van der Waals surface area contributed by atoms with Crippen molar-refractivity contribution < 1.29 is 9.84 Å². The summed E-state index contributed by atoms with van der Waals surface area (Å²) in [5.41, 5.74) is 2.83. The van der Waals surface area contributed by atoms with Crippen molar-refractivity contribution >= 4 is 29.9 Å². The van der Waals surface area contributed by atoms with E-state index in [0.717, 1.165) is 71.2 Å². The number of β-amino-alcohol motifs (C(OH)–C–C–N with tert-alkyl or cyclic N) is 1. The first kappa shape index (κ1) is 26.7. The van der Waals surface area contributed by atoms with Crippen LogP contribution in [0.15, 0.2) is 29.3 Å². The zero-order valence-corrected chi connectivity index (χ0v) is 22.4. The molecule has 2 unspecified atom stereocenters. The molecule has 2 atom stereocenters. The second kappa shape index (κ2) is 13.8. The number of rotatable bonds is 8. The van der Waals surface area contributed by atoms with Gasteiger partial charge in [-0.2, -0.15) is 0 Å². The van der Waals surface area contributed by atoms with E-state index in [1.54, 1.807) is 0 Å². The quantitative estimate of drug-likeness (QED) is 0.252. The molecular formula is C25H42IN5O2. The topological polar surface area (TPSA) is 72.4 Å². The number of aliphatic imine (C=N–C) groups is 1. The van der Waals surface area contributed by atoms with Crippen molar-refractivity contribution in [3.63, 3.8) is 0 Å². The van der Waals surface area contributed by atoms with E-state index >= 15 is 0 Å². The predicted molar refractivity (Wildman–Crippen MR) is 144 cm³/mol. The average molecular weight is 572 g/mol. The molecule has 4 rings (SSSR count). The molecule has 3 N–H and O–H groups in total. The second-order valence-corrected chi connectivity index (χ2v) is 9.58. The Labute approximate surface area is 216 Å². The number of ether oxygens (including phenoxy) is 1. The Bertz CT molecular complexity index is 735. The Morgan fingerprint density at radius 2 is 1.94 bits per heavy atom. The van der Waals surface area contributed by atoms with Crippen molar-refractivity contribution in [1.82, 2.24) is 20.4 Å². The third kappa shape index (κ3) is 8.35. The first-order valence-electron chi connectivity index (χ1n) is 12.5. The average Bonchev–Trinajstić information content (AvgIpc) is 3.32. The second-order valence-electron chi connectivity index (χ2n) is 9.58. The van der Waals surface area contributed by atoms with E-state index in [4.69, 9.17) is 9.73 Å². The van der Waals surface area contributed by atoms with Crippen LogP contribution in [-0.2, 0) is 17.7 Å². The molecule has 33 heavy (non-hydrogen) atoms. The zero-order chi connectivity index (χ0) is 22.2. The zero-order valence-electron chi connectivity index (χ0n) is 20.0. The molecule has 0 amide bonds. The Morgan fingerprint density at radius 3 is 2.67 bits per heavy atom. The number of piperidine rings is 1. The highest BCUT2D eigenvalue weighted by Crippen LogP contribution is 2.19. The molecule has 3 heterocycles. The highest BCUT2D eigenvalue weighted by atomic mass is 127. The van der Waals surface area contributed by atoms with Crippen molar-refractivity contribution in [2.24, 2.45) is 10.9 Å². The van der Waals surface area contributed by atoms with Gasteiger partial charge >= 0.3 is 0 Å². The number of hydrogen-bond donors (Lipinski definition) is 3. The summed E-state index contributed by atoms with van der Waals surface area (Å²) in [7, 11) is 0. The Kier molecular flexibility index (Phi) is 11.2. The van der Waals surface area contributed by atoms with Crippen molar-refractivity contribution in [1.29, 1.82) is 0 Å². The molecule has 3 aliphatic rings. The molecule has 0 radical (unpaired) electrons. The molecule has 0 bridgehead atoms. The van der Waals surface area contributed by atoms with Crippen LogP contribution in [0, 0.1) is 5.92 Å². The van der Waals surface area contributed by atoms with Gasteiger partial charge in [-0.3, -0.25) is 9.89 Å². The SMILES string of the molecule is CCNC(=NCC(O)CN1CCc2ccccc2C1)NC1CCN(CC2CCOC2)CC1.I. The fourth-order valence-corrected chi connectivity index (χ4v) is 5.13. The summed E-state index contributed by atoms with van der Waals surface area (Å²) in [6.45, 7) is 11.2. The van der Waals surface area contributed by atoms with Crippen LogP contribution >= 0.6 is 24.0 Å². The van der Waals surface area contributed by atoms with Crippen molar-refractivity contribution in [2.45, 2.75) is 51.3 Å². The lowest BCUT2D eigenvalue weighted by atomic mass is 10.00. The van der Waals surface area contributed by atoms with Crippen LogP contribution in [-0.4, -0.2) is 92.0 Å². The van der Waals surface area contributed by atoms with Crippen LogP contribution in [0.1, 0.15) is 37.3 Å². The third-order valence-corrected chi connectivity index (χ3v) is 6.95. The minimum absolute atomic E-state index is 0. The molecule has 2 fully saturated rings. The lowest BCUT2D eigenvalue weighted by Gasteiger charge is -2.34. The third-order valence-electron chi connectivity index (χ3n) is 6.95. The van der Waals surface area contributed by atoms with E-state index in [2.05, 4.69) is 51.6 Å². The molecule has 0 spiro atoms. The molecule has 186 valence electrons. The fraction of sp³-hybridized carbons (Fsp3) is 0.720. The van der Waals surface area contributed by atoms with Crippen LogP contribution in [0.4, 0.5) is 0 Å². The van der Waals surface area contributed by atoms with Crippen molar-refractivity contribution in [3.05, 3.63) is 35.4 Å². The normalized spacial score (nSPS) is 23.6. The molecule has 0 aromatic heterocycles. The number of fused-ring (bicyclic) bond motifs is 1. The Balaban J connectivity index is 0.00000306. The minimum Gasteiger partial charge on any atom is -0.390 e.